The van der Waals surface area contributed by atoms with E-state index in [0.717, 1.165) is 12.8 Å². The summed E-state index contributed by atoms with van der Waals surface area (Å²) < 4.78 is 1.38. The summed E-state index contributed by atoms with van der Waals surface area (Å²) in [6, 6.07) is 10.6. The maximum atomic E-state index is 12.2. The number of carbonyl (C=O) groups is 1. The molecule has 0 amide bonds. The topological polar surface area (TPSA) is 17.1 Å². The van der Waals surface area contributed by atoms with Crippen molar-refractivity contribution in [1.29, 1.82) is 0 Å². The number of hydrogen-bond acceptors (Lipinski definition) is 1. The summed E-state index contributed by atoms with van der Waals surface area (Å²) in [6.07, 6.45) is 6.98. The fourth-order valence-electron chi connectivity index (χ4n) is 2.66. The molecule has 0 radical (unpaired) electrons. The van der Waals surface area contributed by atoms with Gasteiger partial charge in [-0.05, 0) is 0 Å². The molecule has 0 bridgehead atoms. The van der Waals surface area contributed by atoms with Crippen LogP contribution in [0, 0.1) is 5.92 Å². The SMILES string of the molecule is CCCC[C@H]1CCCC(=O)[C@@H]1[Se]c1ccccc1. The van der Waals surface area contributed by atoms with Crippen molar-refractivity contribution in [3.63, 3.8) is 0 Å². The van der Waals surface area contributed by atoms with Gasteiger partial charge in [0.05, 0.1) is 0 Å². The Balaban J connectivity index is 2.03. The molecule has 0 spiro atoms. The van der Waals surface area contributed by atoms with Crippen LogP contribution in [0.3, 0.4) is 0 Å². The molecular weight excluding hydrogens is 287 g/mol. The molecule has 0 aliphatic heterocycles. The third-order valence-corrected chi connectivity index (χ3v) is 6.71. The Morgan fingerprint density at radius 3 is 2.78 bits per heavy atom. The van der Waals surface area contributed by atoms with Crippen LogP contribution < -0.4 is 4.46 Å². The number of carbonyl (C=O) groups excluding carboxylic acids is 1. The maximum absolute atomic E-state index is 12.2. The zero-order chi connectivity index (χ0) is 12.8. The van der Waals surface area contributed by atoms with Crippen LogP contribution in [-0.2, 0) is 4.79 Å². The molecule has 0 N–H and O–H groups in total. The minimum atomic E-state index is 0.331. The molecule has 0 unspecified atom stereocenters. The first-order valence-electron chi connectivity index (χ1n) is 7.05. The second-order valence-corrected chi connectivity index (χ2v) is 7.66. The summed E-state index contributed by atoms with van der Waals surface area (Å²) in [5, 5.41) is 0. The average molecular weight is 309 g/mol. The first-order valence-corrected chi connectivity index (χ1v) is 8.90. The molecule has 2 rings (SSSR count). The van der Waals surface area contributed by atoms with E-state index in [1.54, 1.807) is 0 Å². The van der Waals surface area contributed by atoms with Crippen LogP contribution >= 0.6 is 0 Å². The molecule has 1 aromatic carbocycles. The standard InChI is InChI=1S/C16H22OSe/c1-2-3-8-13-9-7-12-15(17)16(13)18-14-10-5-4-6-11-14/h4-6,10-11,13,16H,2-3,7-9,12H2,1H3/t13-,16+/m0/s1. The summed E-state index contributed by atoms with van der Waals surface area (Å²) in [6.45, 7) is 2.24. The van der Waals surface area contributed by atoms with Gasteiger partial charge in [0.2, 0.25) is 0 Å². The average Bonchev–Trinajstić information content (AvgIpc) is 2.41. The van der Waals surface area contributed by atoms with Gasteiger partial charge in [-0.2, -0.15) is 0 Å². The van der Waals surface area contributed by atoms with Gasteiger partial charge in [-0.1, -0.05) is 0 Å². The van der Waals surface area contributed by atoms with Crippen LogP contribution in [0.1, 0.15) is 45.4 Å². The number of benzene rings is 1. The Morgan fingerprint density at radius 2 is 2.06 bits per heavy atom. The van der Waals surface area contributed by atoms with Crippen LogP contribution in [0.25, 0.3) is 0 Å². The molecule has 2 heteroatoms. The Bertz CT molecular complexity index is 374. The van der Waals surface area contributed by atoms with Gasteiger partial charge in [-0.25, -0.2) is 0 Å². The molecule has 0 aromatic heterocycles. The molecule has 1 aliphatic carbocycles. The fourth-order valence-corrected chi connectivity index (χ4v) is 5.44. The van der Waals surface area contributed by atoms with Crippen LogP contribution in [0.4, 0.5) is 0 Å². The molecule has 1 aliphatic rings. The molecule has 98 valence electrons. The van der Waals surface area contributed by atoms with Crippen LogP contribution in [-0.4, -0.2) is 20.7 Å². The molecule has 1 fully saturated rings. The van der Waals surface area contributed by atoms with E-state index in [0.29, 0.717) is 31.5 Å². The van der Waals surface area contributed by atoms with Gasteiger partial charge < -0.3 is 0 Å². The second-order valence-electron chi connectivity index (χ2n) is 5.11. The first kappa shape index (κ1) is 13.8. The zero-order valence-corrected chi connectivity index (χ0v) is 12.8. The van der Waals surface area contributed by atoms with Crippen molar-refractivity contribution in [2.45, 2.75) is 50.3 Å². The number of rotatable bonds is 5. The Labute approximate surface area is 117 Å². The van der Waals surface area contributed by atoms with Crippen molar-refractivity contribution in [3.05, 3.63) is 30.3 Å². The van der Waals surface area contributed by atoms with E-state index in [9.17, 15) is 4.79 Å². The third-order valence-electron chi connectivity index (χ3n) is 3.68. The van der Waals surface area contributed by atoms with E-state index in [2.05, 4.69) is 37.3 Å². The molecule has 1 aromatic rings. The predicted octanol–water partition coefficient (Wildman–Crippen LogP) is 3.36. The predicted molar refractivity (Wildman–Crippen MR) is 77.5 cm³/mol. The zero-order valence-electron chi connectivity index (χ0n) is 11.1. The van der Waals surface area contributed by atoms with Crippen molar-refractivity contribution in [2.24, 2.45) is 5.92 Å². The van der Waals surface area contributed by atoms with Gasteiger partial charge in [0.15, 0.2) is 0 Å². The number of ketones is 1. The minimum absolute atomic E-state index is 0.331. The number of Topliss-reactive ketones (excluding diaryl/α,β-unsaturated/α-hetero) is 1. The van der Waals surface area contributed by atoms with Gasteiger partial charge in [0.25, 0.3) is 0 Å². The van der Waals surface area contributed by atoms with E-state index in [1.165, 1.54) is 30.1 Å². The van der Waals surface area contributed by atoms with E-state index in [1.807, 2.05) is 0 Å². The Hall–Kier alpha value is -0.591. The monoisotopic (exact) mass is 310 g/mol. The van der Waals surface area contributed by atoms with Gasteiger partial charge in [-0.3, -0.25) is 0 Å². The van der Waals surface area contributed by atoms with Gasteiger partial charge >= 0.3 is 117 Å². The summed E-state index contributed by atoms with van der Waals surface area (Å²) in [5.41, 5.74) is 0. The molecule has 0 saturated heterocycles. The van der Waals surface area contributed by atoms with Crippen molar-refractivity contribution in [2.75, 3.05) is 0 Å². The molecule has 1 nitrogen and oxygen atoms in total. The van der Waals surface area contributed by atoms with Gasteiger partial charge in [-0.15, -0.1) is 0 Å². The van der Waals surface area contributed by atoms with Gasteiger partial charge in [0, 0.05) is 0 Å². The van der Waals surface area contributed by atoms with E-state index in [4.69, 9.17) is 0 Å². The number of hydrogen-bond donors (Lipinski definition) is 0. The van der Waals surface area contributed by atoms with Gasteiger partial charge in [0.1, 0.15) is 0 Å². The molecule has 0 heterocycles. The van der Waals surface area contributed by atoms with E-state index in [-0.39, 0.29) is 0 Å². The Morgan fingerprint density at radius 1 is 1.28 bits per heavy atom. The van der Waals surface area contributed by atoms with Crippen molar-refractivity contribution in [3.8, 4) is 0 Å². The number of unbranched alkanes of at least 4 members (excludes halogenated alkanes) is 1. The van der Waals surface area contributed by atoms with Crippen molar-refractivity contribution >= 4 is 25.2 Å². The molecule has 1 saturated carbocycles. The summed E-state index contributed by atoms with van der Waals surface area (Å²) in [4.78, 5) is 12.5. The quantitative estimate of drug-likeness (QED) is 0.762. The van der Waals surface area contributed by atoms with Crippen LogP contribution in [0.5, 0.6) is 0 Å². The second kappa shape index (κ2) is 7.11. The van der Waals surface area contributed by atoms with Crippen LogP contribution in [0.15, 0.2) is 30.3 Å². The normalized spacial score (nSPS) is 24.2. The van der Waals surface area contributed by atoms with E-state index < -0.39 is 0 Å². The van der Waals surface area contributed by atoms with E-state index >= 15 is 0 Å². The molecule has 18 heavy (non-hydrogen) atoms. The van der Waals surface area contributed by atoms with Crippen molar-refractivity contribution in [1.82, 2.24) is 0 Å². The summed E-state index contributed by atoms with van der Waals surface area (Å²) >= 11 is 0.331. The Kier molecular flexibility index (Phi) is 5.46. The fraction of sp³-hybridized carbons (Fsp3) is 0.562. The third kappa shape index (κ3) is 3.70. The summed E-state index contributed by atoms with van der Waals surface area (Å²) in [7, 11) is 0. The molecule has 2 atom stereocenters. The summed E-state index contributed by atoms with van der Waals surface area (Å²) in [5.74, 6) is 1.19. The first-order chi connectivity index (χ1) is 8.81. The van der Waals surface area contributed by atoms with Crippen LogP contribution in [0.2, 0.25) is 4.82 Å². The molecular formula is C16H22OSe. The van der Waals surface area contributed by atoms with Crippen molar-refractivity contribution < 1.29 is 4.79 Å².